The molecular weight excluding hydrogens is 182 g/mol. The van der Waals surface area contributed by atoms with Gasteiger partial charge in [-0.1, -0.05) is 17.7 Å². The number of fused-ring (bicyclic) bond motifs is 3. The zero-order valence-corrected chi connectivity index (χ0v) is 7.75. The monoisotopic (exact) mass is 189 g/mol. The molecule has 0 atom stereocenters. The topological polar surface area (TPSA) is 4.93 Å². The van der Waals surface area contributed by atoms with Gasteiger partial charge in [-0.25, -0.2) is 0 Å². The highest BCUT2D eigenvalue weighted by molar-refractivity contribution is 6.30. The van der Waals surface area contributed by atoms with Crippen LogP contribution in [0, 0.1) is 0 Å². The molecule has 13 heavy (non-hydrogen) atoms. The van der Waals surface area contributed by atoms with Crippen LogP contribution in [-0.2, 0) is 6.42 Å². The van der Waals surface area contributed by atoms with Crippen molar-refractivity contribution in [2.75, 3.05) is 0 Å². The third-order valence-corrected chi connectivity index (χ3v) is 2.75. The molecule has 0 saturated carbocycles. The molecule has 2 heterocycles. The molecule has 0 radical (unpaired) electrons. The van der Waals surface area contributed by atoms with Crippen molar-refractivity contribution in [2.45, 2.75) is 6.42 Å². The van der Waals surface area contributed by atoms with Crippen LogP contribution in [0.3, 0.4) is 0 Å². The fraction of sp³-hybridized carbons (Fsp3) is 0.0909. The Morgan fingerprint density at radius 1 is 1.23 bits per heavy atom. The summed E-state index contributed by atoms with van der Waals surface area (Å²) >= 11 is 5.94. The van der Waals surface area contributed by atoms with Crippen LogP contribution in [0.2, 0.25) is 5.02 Å². The van der Waals surface area contributed by atoms with Crippen molar-refractivity contribution in [2.24, 2.45) is 0 Å². The predicted molar refractivity (Wildman–Crippen MR) is 53.6 cm³/mol. The van der Waals surface area contributed by atoms with Gasteiger partial charge in [0.15, 0.2) is 0 Å². The van der Waals surface area contributed by atoms with E-state index < -0.39 is 0 Å². The third kappa shape index (κ3) is 0.939. The summed E-state index contributed by atoms with van der Waals surface area (Å²) in [4.78, 5) is 0. The molecule has 1 nitrogen and oxygen atoms in total. The van der Waals surface area contributed by atoms with Crippen molar-refractivity contribution >= 4 is 11.6 Å². The van der Waals surface area contributed by atoms with Crippen LogP contribution in [0.25, 0.3) is 5.69 Å². The lowest BCUT2D eigenvalue weighted by Crippen LogP contribution is -1.87. The molecule has 1 aromatic carbocycles. The van der Waals surface area contributed by atoms with Crippen molar-refractivity contribution in [3.8, 4) is 5.69 Å². The van der Waals surface area contributed by atoms with Crippen molar-refractivity contribution in [1.82, 2.24) is 4.57 Å². The highest BCUT2D eigenvalue weighted by atomic mass is 35.5. The summed E-state index contributed by atoms with van der Waals surface area (Å²) < 4.78 is 2.20. The Balaban J connectivity index is 2.31. The van der Waals surface area contributed by atoms with Gasteiger partial charge in [0.1, 0.15) is 0 Å². The van der Waals surface area contributed by atoms with Gasteiger partial charge in [0.25, 0.3) is 0 Å². The molecule has 0 aliphatic carbocycles. The fourth-order valence-electron chi connectivity index (χ4n) is 1.90. The first-order chi connectivity index (χ1) is 6.34. The summed E-state index contributed by atoms with van der Waals surface area (Å²) in [6.07, 6.45) is 3.11. The molecule has 2 aromatic rings. The van der Waals surface area contributed by atoms with E-state index in [2.05, 4.69) is 29.0 Å². The van der Waals surface area contributed by atoms with Gasteiger partial charge in [-0.3, -0.25) is 0 Å². The second-order valence-corrected chi connectivity index (χ2v) is 3.76. The van der Waals surface area contributed by atoms with Crippen molar-refractivity contribution in [3.05, 3.63) is 52.8 Å². The van der Waals surface area contributed by atoms with Gasteiger partial charge in [0.2, 0.25) is 0 Å². The number of aromatic nitrogens is 1. The normalized spacial score (nSPS) is 12.7. The minimum atomic E-state index is 0.806. The third-order valence-electron chi connectivity index (χ3n) is 2.51. The van der Waals surface area contributed by atoms with E-state index in [1.54, 1.807) is 0 Å². The maximum Gasteiger partial charge on any atom is 0.0503 e. The van der Waals surface area contributed by atoms with Crippen molar-refractivity contribution in [1.29, 1.82) is 0 Å². The summed E-state index contributed by atoms with van der Waals surface area (Å²) in [6, 6.07) is 10.3. The molecule has 1 aromatic heterocycles. The van der Waals surface area contributed by atoms with E-state index in [-0.39, 0.29) is 0 Å². The fourth-order valence-corrected chi connectivity index (χ4v) is 2.07. The van der Waals surface area contributed by atoms with Gasteiger partial charge >= 0.3 is 0 Å². The zero-order chi connectivity index (χ0) is 8.84. The smallest absolute Gasteiger partial charge is 0.0503 e. The predicted octanol–water partition coefficient (Wildman–Crippen LogP) is 3.03. The molecule has 0 saturated heterocycles. The van der Waals surface area contributed by atoms with Crippen LogP contribution in [-0.4, -0.2) is 4.57 Å². The molecule has 2 heteroatoms. The SMILES string of the molecule is Clc1ccc2c(c1)-n1cccc1C2. The van der Waals surface area contributed by atoms with Gasteiger partial charge < -0.3 is 4.57 Å². The van der Waals surface area contributed by atoms with Crippen molar-refractivity contribution < 1.29 is 0 Å². The van der Waals surface area contributed by atoms with Gasteiger partial charge in [-0.15, -0.1) is 0 Å². The number of nitrogens with zero attached hydrogens (tertiary/aromatic N) is 1. The van der Waals surface area contributed by atoms with Crippen molar-refractivity contribution in [3.63, 3.8) is 0 Å². The maximum atomic E-state index is 5.94. The van der Waals surface area contributed by atoms with E-state index in [1.807, 2.05) is 12.1 Å². The van der Waals surface area contributed by atoms with E-state index in [4.69, 9.17) is 11.6 Å². The van der Waals surface area contributed by atoms with E-state index >= 15 is 0 Å². The molecule has 0 bridgehead atoms. The molecule has 0 amide bonds. The average molecular weight is 190 g/mol. The summed E-state index contributed by atoms with van der Waals surface area (Å²) in [5, 5.41) is 0.806. The first kappa shape index (κ1) is 7.22. The lowest BCUT2D eigenvalue weighted by atomic mass is 10.1. The van der Waals surface area contributed by atoms with Crippen LogP contribution in [0.5, 0.6) is 0 Å². The maximum absolute atomic E-state index is 5.94. The van der Waals surface area contributed by atoms with Crippen LogP contribution in [0.4, 0.5) is 0 Å². The zero-order valence-electron chi connectivity index (χ0n) is 7.00. The molecule has 0 spiro atoms. The van der Waals surface area contributed by atoms with Gasteiger partial charge in [-0.05, 0) is 29.8 Å². The number of hydrogen-bond acceptors (Lipinski definition) is 0. The van der Waals surface area contributed by atoms with Crippen LogP contribution >= 0.6 is 11.6 Å². The van der Waals surface area contributed by atoms with Crippen LogP contribution < -0.4 is 0 Å². The highest BCUT2D eigenvalue weighted by Crippen LogP contribution is 2.29. The number of benzene rings is 1. The summed E-state index contributed by atoms with van der Waals surface area (Å²) in [6.45, 7) is 0. The molecular formula is C11H8ClN. The molecule has 0 unspecified atom stereocenters. The van der Waals surface area contributed by atoms with Crippen LogP contribution in [0.1, 0.15) is 11.3 Å². The van der Waals surface area contributed by atoms with E-state index in [1.165, 1.54) is 16.9 Å². The van der Waals surface area contributed by atoms with Gasteiger partial charge in [0, 0.05) is 23.3 Å². The highest BCUT2D eigenvalue weighted by Gasteiger charge is 2.16. The Bertz CT molecular complexity index is 471. The number of halogens is 1. The molecule has 0 N–H and O–H groups in total. The minimum absolute atomic E-state index is 0.806. The quantitative estimate of drug-likeness (QED) is 0.512. The second kappa shape index (κ2) is 2.39. The molecule has 0 fully saturated rings. The number of hydrogen-bond donors (Lipinski definition) is 0. The second-order valence-electron chi connectivity index (χ2n) is 3.32. The molecule has 1 aliphatic rings. The summed E-state index contributed by atoms with van der Waals surface area (Å²) in [5.74, 6) is 0. The molecule has 1 aliphatic heterocycles. The average Bonchev–Trinajstić information content (AvgIpc) is 2.64. The standard InChI is InChI=1S/C11H8ClN/c12-9-4-3-8-6-10-2-1-5-13(10)11(8)7-9/h1-5,7H,6H2. The Hall–Kier alpha value is -1.21. The summed E-state index contributed by atoms with van der Waals surface area (Å²) in [7, 11) is 0. The largest absolute Gasteiger partial charge is 0.320 e. The molecule has 3 rings (SSSR count). The first-order valence-corrected chi connectivity index (χ1v) is 4.67. The minimum Gasteiger partial charge on any atom is -0.320 e. The Labute approximate surface area is 81.6 Å². The Morgan fingerprint density at radius 2 is 2.15 bits per heavy atom. The van der Waals surface area contributed by atoms with Gasteiger partial charge in [-0.2, -0.15) is 0 Å². The van der Waals surface area contributed by atoms with Gasteiger partial charge in [0.05, 0.1) is 5.69 Å². The van der Waals surface area contributed by atoms with E-state index in [0.29, 0.717) is 0 Å². The van der Waals surface area contributed by atoms with E-state index in [0.717, 1.165) is 11.4 Å². The Morgan fingerprint density at radius 3 is 3.08 bits per heavy atom. The lowest BCUT2D eigenvalue weighted by molar-refractivity contribution is 1.05. The Kier molecular flexibility index (Phi) is 1.33. The molecule has 64 valence electrons. The lowest BCUT2D eigenvalue weighted by Gasteiger charge is -2.01. The first-order valence-electron chi connectivity index (χ1n) is 4.29. The van der Waals surface area contributed by atoms with E-state index in [9.17, 15) is 0 Å². The van der Waals surface area contributed by atoms with Crippen LogP contribution in [0.15, 0.2) is 36.5 Å². The summed E-state index contributed by atoms with van der Waals surface area (Å²) in [5.41, 5.74) is 3.93. The number of rotatable bonds is 0.